The van der Waals surface area contributed by atoms with Crippen LogP contribution in [0.1, 0.15) is 45.3 Å². The summed E-state index contributed by atoms with van der Waals surface area (Å²) in [5.74, 6) is 4.63. The van der Waals surface area contributed by atoms with Gasteiger partial charge < -0.3 is 15.2 Å². The minimum absolute atomic E-state index is 0.130. The van der Waals surface area contributed by atoms with Gasteiger partial charge in [0.25, 0.3) is 5.91 Å². The number of nitrogens with zero attached hydrogens (tertiary/aromatic N) is 1. The van der Waals surface area contributed by atoms with E-state index in [-0.39, 0.29) is 22.9 Å². The molecule has 1 aromatic heterocycles. The van der Waals surface area contributed by atoms with Crippen molar-refractivity contribution in [1.29, 1.82) is 0 Å². The minimum atomic E-state index is -0.929. The van der Waals surface area contributed by atoms with E-state index in [1.807, 2.05) is 0 Å². The number of phenolic OH excluding ortho intramolecular Hbond substituents is 1. The first-order valence-corrected chi connectivity index (χ1v) is 10.5. The molecule has 7 heteroatoms. The molecule has 1 unspecified atom stereocenters. The first kappa shape index (κ1) is 22.4. The number of phenols is 1. The average molecular weight is 448 g/mol. The Morgan fingerprint density at radius 3 is 2.64 bits per heavy atom. The lowest BCUT2D eigenvalue weighted by Crippen LogP contribution is -2.30. The Labute approximate surface area is 190 Å². The van der Waals surface area contributed by atoms with Crippen molar-refractivity contribution in [3.63, 3.8) is 0 Å². The second kappa shape index (κ2) is 9.80. The average Bonchev–Trinajstić information content (AvgIpc) is 3.32. The molecular formula is C26H22F2N2O3. The van der Waals surface area contributed by atoms with Crippen molar-refractivity contribution in [1.82, 2.24) is 10.3 Å². The molecule has 0 bridgehead atoms. The second-order valence-electron chi connectivity index (χ2n) is 7.87. The van der Waals surface area contributed by atoms with Crippen molar-refractivity contribution >= 4 is 5.91 Å². The highest BCUT2D eigenvalue weighted by Crippen LogP contribution is 2.30. The van der Waals surface area contributed by atoms with Crippen LogP contribution in [0, 0.1) is 36.3 Å². The zero-order chi connectivity index (χ0) is 23.4. The number of benzene rings is 2. The molecule has 1 fully saturated rings. The molecule has 0 radical (unpaired) electrons. The smallest absolute Gasteiger partial charge is 0.270 e. The number of aromatic hydroxyl groups is 1. The summed E-state index contributed by atoms with van der Waals surface area (Å²) in [7, 11) is 0. The molecule has 2 heterocycles. The van der Waals surface area contributed by atoms with Gasteiger partial charge >= 0.3 is 0 Å². The van der Waals surface area contributed by atoms with Crippen molar-refractivity contribution < 1.29 is 23.4 Å². The maximum Gasteiger partial charge on any atom is 0.270 e. The second-order valence-corrected chi connectivity index (χ2v) is 7.87. The van der Waals surface area contributed by atoms with Gasteiger partial charge in [0, 0.05) is 29.3 Å². The van der Waals surface area contributed by atoms with E-state index in [0.717, 1.165) is 18.6 Å². The van der Waals surface area contributed by atoms with Crippen LogP contribution in [0.2, 0.25) is 0 Å². The molecule has 2 N–H and O–H groups in total. The molecule has 168 valence electrons. The Morgan fingerprint density at radius 1 is 1.15 bits per heavy atom. The van der Waals surface area contributed by atoms with Crippen LogP contribution in [0.15, 0.2) is 54.6 Å². The third kappa shape index (κ3) is 5.54. The largest absolute Gasteiger partial charge is 0.508 e. The van der Waals surface area contributed by atoms with Gasteiger partial charge in [-0.1, -0.05) is 24.0 Å². The molecule has 3 aromatic rings. The molecule has 2 atom stereocenters. The van der Waals surface area contributed by atoms with E-state index in [1.165, 1.54) is 30.3 Å². The summed E-state index contributed by atoms with van der Waals surface area (Å²) < 4.78 is 32.8. The zero-order valence-electron chi connectivity index (χ0n) is 17.9. The van der Waals surface area contributed by atoms with E-state index >= 15 is 0 Å². The van der Waals surface area contributed by atoms with Crippen LogP contribution in [0.3, 0.4) is 0 Å². The molecular weight excluding hydrogens is 426 g/mol. The van der Waals surface area contributed by atoms with E-state index in [1.54, 1.807) is 19.1 Å². The third-order valence-electron chi connectivity index (χ3n) is 5.32. The fourth-order valence-corrected chi connectivity index (χ4v) is 3.65. The maximum absolute atomic E-state index is 13.9. The van der Waals surface area contributed by atoms with Crippen LogP contribution in [0.25, 0.3) is 0 Å². The Bertz CT molecular complexity index is 1230. The van der Waals surface area contributed by atoms with Gasteiger partial charge in [-0.2, -0.15) is 0 Å². The lowest BCUT2D eigenvalue weighted by molar-refractivity contribution is 0.0937. The maximum atomic E-state index is 13.9. The number of carbonyl (C=O) groups is 1. The Morgan fingerprint density at radius 2 is 1.91 bits per heavy atom. The van der Waals surface area contributed by atoms with E-state index < -0.39 is 23.6 Å². The fraction of sp³-hybridized carbons (Fsp3) is 0.231. The lowest BCUT2D eigenvalue weighted by Gasteiger charge is -2.21. The molecule has 1 aliphatic heterocycles. The van der Waals surface area contributed by atoms with Gasteiger partial charge in [0.05, 0.1) is 12.6 Å². The summed E-state index contributed by atoms with van der Waals surface area (Å²) in [5, 5.41) is 13.1. The van der Waals surface area contributed by atoms with Gasteiger partial charge in [-0.3, -0.25) is 4.79 Å². The summed E-state index contributed by atoms with van der Waals surface area (Å²) in [6.45, 7) is 3.05. The number of hydrogen-bond donors (Lipinski definition) is 2. The fourth-order valence-electron chi connectivity index (χ4n) is 3.65. The molecule has 1 aliphatic rings. The molecule has 4 rings (SSSR count). The topological polar surface area (TPSA) is 71.5 Å². The highest BCUT2D eigenvalue weighted by atomic mass is 19.1. The monoisotopic (exact) mass is 448 g/mol. The van der Waals surface area contributed by atoms with Gasteiger partial charge in [-0.25, -0.2) is 13.8 Å². The first-order chi connectivity index (χ1) is 15.9. The Balaban J connectivity index is 1.65. The zero-order valence-corrected chi connectivity index (χ0v) is 17.9. The number of rotatable bonds is 4. The van der Waals surface area contributed by atoms with Crippen LogP contribution in [-0.4, -0.2) is 29.2 Å². The van der Waals surface area contributed by atoms with Crippen LogP contribution < -0.4 is 5.32 Å². The molecule has 2 aromatic carbocycles. The van der Waals surface area contributed by atoms with Gasteiger partial charge in [0.15, 0.2) is 0 Å². The Hall–Kier alpha value is -3.76. The predicted octanol–water partition coefficient (Wildman–Crippen LogP) is 4.28. The van der Waals surface area contributed by atoms with Gasteiger partial charge in [-0.05, 0) is 61.4 Å². The number of aryl methyl sites for hydroxylation is 1. The summed E-state index contributed by atoms with van der Waals surface area (Å²) in [4.78, 5) is 17.4. The highest BCUT2D eigenvalue weighted by Gasteiger charge is 2.22. The number of ether oxygens (including phenoxy) is 1. The standard InChI is InChI=1S/C26H22F2N2O3/c1-16-12-18(3-2-17-10-11-33-15-17)13-23(29-16)26(32)30-25(19-4-6-20(27)7-5-19)22-14-21(28)8-9-24(22)31/h4-9,12-14,17,25,31H,10-11,15H2,1H3,(H,30,32)/t17-,25?/m1/s1. The first-order valence-electron chi connectivity index (χ1n) is 10.5. The predicted molar refractivity (Wildman–Crippen MR) is 119 cm³/mol. The van der Waals surface area contributed by atoms with E-state index in [0.29, 0.717) is 30.0 Å². The van der Waals surface area contributed by atoms with Crippen LogP contribution >= 0.6 is 0 Å². The quantitative estimate of drug-likeness (QED) is 0.585. The molecule has 0 aliphatic carbocycles. The Kier molecular flexibility index (Phi) is 6.66. The molecule has 1 amide bonds. The number of carbonyl (C=O) groups excluding carboxylic acids is 1. The van der Waals surface area contributed by atoms with Crippen LogP contribution in [-0.2, 0) is 4.74 Å². The number of halogens is 2. The lowest BCUT2D eigenvalue weighted by atomic mass is 9.97. The number of hydrogen-bond acceptors (Lipinski definition) is 4. The molecule has 0 saturated carbocycles. The summed E-state index contributed by atoms with van der Waals surface area (Å²) >= 11 is 0. The normalized spacial score (nSPS) is 16.0. The van der Waals surface area contributed by atoms with Crippen molar-refractivity contribution in [3.8, 4) is 17.6 Å². The molecule has 5 nitrogen and oxygen atoms in total. The number of aromatic nitrogens is 1. The molecule has 1 saturated heterocycles. The van der Waals surface area contributed by atoms with Crippen molar-refractivity contribution in [2.75, 3.05) is 13.2 Å². The van der Waals surface area contributed by atoms with Crippen LogP contribution in [0.4, 0.5) is 8.78 Å². The van der Waals surface area contributed by atoms with Gasteiger partial charge in [-0.15, -0.1) is 0 Å². The summed E-state index contributed by atoms with van der Waals surface area (Å²) in [6.07, 6.45) is 0.876. The van der Waals surface area contributed by atoms with E-state index in [9.17, 15) is 18.7 Å². The van der Waals surface area contributed by atoms with Gasteiger partial charge in [0.1, 0.15) is 23.1 Å². The van der Waals surface area contributed by atoms with Crippen molar-refractivity contribution in [2.24, 2.45) is 5.92 Å². The van der Waals surface area contributed by atoms with Gasteiger partial charge in [0.2, 0.25) is 0 Å². The highest BCUT2D eigenvalue weighted by molar-refractivity contribution is 5.93. The minimum Gasteiger partial charge on any atom is -0.508 e. The molecule has 33 heavy (non-hydrogen) atoms. The van der Waals surface area contributed by atoms with E-state index in [4.69, 9.17) is 4.74 Å². The van der Waals surface area contributed by atoms with E-state index in [2.05, 4.69) is 22.1 Å². The van der Waals surface area contributed by atoms with Crippen molar-refractivity contribution in [2.45, 2.75) is 19.4 Å². The number of amides is 1. The SMILES string of the molecule is Cc1cc(C#C[C@@H]2CCOC2)cc(C(=O)NC(c2ccc(F)cc2)c2cc(F)ccc2O)n1. The third-order valence-corrected chi connectivity index (χ3v) is 5.32. The number of nitrogens with one attached hydrogen (secondary N) is 1. The molecule has 0 spiro atoms. The van der Waals surface area contributed by atoms with Crippen molar-refractivity contribution in [3.05, 3.63) is 94.3 Å². The van der Waals surface area contributed by atoms with Crippen LogP contribution in [0.5, 0.6) is 5.75 Å². The summed E-state index contributed by atoms with van der Waals surface area (Å²) in [6, 6.07) is 11.3. The summed E-state index contributed by atoms with van der Waals surface area (Å²) in [5.41, 5.74) is 2.00. The number of pyridine rings is 1.